The zero-order valence-corrected chi connectivity index (χ0v) is 11.2. The number of hydrogen-bond acceptors (Lipinski definition) is 4. The maximum atomic E-state index is 11.3. The fourth-order valence-corrected chi connectivity index (χ4v) is 2.38. The third-order valence-corrected chi connectivity index (χ3v) is 3.57. The summed E-state index contributed by atoms with van der Waals surface area (Å²) in [5.41, 5.74) is 6.21. The van der Waals surface area contributed by atoms with E-state index in [-0.39, 0.29) is 11.8 Å². The fourth-order valence-electron chi connectivity index (χ4n) is 2.38. The number of hydrogen-bond donors (Lipinski definition) is 1. The molecule has 0 aliphatic carbocycles. The molecule has 2 amide bonds. The molecule has 0 bridgehead atoms. The van der Waals surface area contributed by atoms with E-state index in [9.17, 15) is 9.59 Å². The van der Waals surface area contributed by atoms with Crippen LogP contribution in [0, 0.1) is 6.92 Å². The van der Waals surface area contributed by atoms with Gasteiger partial charge in [-0.05, 0) is 19.8 Å². The zero-order valence-electron chi connectivity index (χ0n) is 11.2. The number of carbonyl (C=O) groups is 2. The number of carbonyl (C=O) groups excluding carboxylic acids is 2. The van der Waals surface area contributed by atoms with Gasteiger partial charge in [-0.25, -0.2) is 9.97 Å². The van der Waals surface area contributed by atoms with Crippen LogP contribution in [0.3, 0.4) is 0 Å². The van der Waals surface area contributed by atoms with Crippen molar-refractivity contribution in [1.82, 2.24) is 14.9 Å². The molecule has 0 atom stereocenters. The molecule has 1 aliphatic heterocycles. The molecular weight excluding hydrogens is 244 g/mol. The second kappa shape index (κ2) is 5.34. The molecule has 1 fully saturated rings. The summed E-state index contributed by atoms with van der Waals surface area (Å²) in [7, 11) is 0. The molecule has 102 valence electrons. The predicted octanol–water partition coefficient (Wildman–Crippen LogP) is 0.610. The van der Waals surface area contributed by atoms with Crippen LogP contribution in [0.1, 0.15) is 47.6 Å². The van der Waals surface area contributed by atoms with Crippen molar-refractivity contribution in [2.24, 2.45) is 5.73 Å². The first-order valence-corrected chi connectivity index (χ1v) is 6.38. The summed E-state index contributed by atoms with van der Waals surface area (Å²) in [6.45, 7) is 4.82. The Hall–Kier alpha value is -1.98. The minimum absolute atomic E-state index is 0.111. The molecule has 1 aromatic rings. The van der Waals surface area contributed by atoms with E-state index in [1.54, 1.807) is 13.8 Å². The molecule has 0 aromatic carbocycles. The summed E-state index contributed by atoms with van der Waals surface area (Å²) in [5, 5.41) is 0. The number of likely N-dealkylation sites (tertiary alicyclic amines) is 1. The Morgan fingerprint density at radius 1 is 1.37 bits per heavy atom. The van der Waals surface area contributed by atoms with Crippen molar-refractivity contribution in [2.75, 3.05) is 13.1 Å². The van der Waals surface area contributed by atoms with Crippen molar-refractivity contribution in [2.45, 2.75) is 32.6 Å². The number of piperidine rings is 1. The van der Waals surface area contributed by atoms with Crippen molar-refractivity contribution in [3.63, 3.8) is 0 Å². The molecule has 6 heteroatoms. The van der Waals surface area contributed by atoms with E-state index >= 15 is 0 Å². The van der Waals surface area contributed by atoms with Gasteiger partial charge in [-0.1, -0.05) is 0 Å². The Labute approximate surface area is 112 Å². The van der Waals surface area contributed by atoms with E-state index < -0.39 is 5.91 Å². The van der Waals surface area contributed by atoms with Crippen LogP contribution in [-0.4, -0.2) is 39.8 Å². The second-order valence-corrected chi connectivity index (χ2v) is 4.87. The SMILES string of the molecule is CC(=O)N1CCC(c2ncc(C(N)=O)c(C)n2)CC1. The molecule has 0 radical (unpaired) electrons. The minimum Gasteiger partial charge on any atom is -0.365 e. The Morgan fingerprint density at radius 3 is 2.47 bits per heavy atom. The highest BCUT2D eigenvalue weighted by Crippen LogP contribution is 2.25. The van der Waals surface area contributed by atoms with Crippen LogP contribution in [0.2, 0.25) is 0 Å². The number of nitrogens with two attached hydrogens (primary N) is 1. The molecular formula is C13H18N4O2. The second-order valence-electron chi connectivity index (χ2n) is 4.87. The van der Waals surface area contributed by atoms with Crippen LogP contribution in [0.15, 0.2) is 6.20 Å². The molecule has 1 aliphatic rings. The van der Waals surface area contributed by atoms with Crippen molar-refractivity contribution < 1.29 is 9.59 Å². The summed E-state index contributed by atoms with van der Waals surface area (Å²) >= 11 is 0. The molecule has 1 saturated heterocycles. The van der Waals surface area contributed by atoms with Gasteiger partial charge in [0.2, 0.25) is 5.91 Å². The lowest BCUT2D eigenvalue weighted by Gasteiger charge is -2.30. The first kappa shape index (κ1) is 13.5. The number of nitrogens with zero attached hydrogens (tertiary/aromatic N) is 3. The van der Waals surface area contributed by atoms with Crippen LogP contribution in [-0.2, 0) is 4.79 Å². The van der Waals surface area contributed by atoms with Crippen molar-refractivity contribution in [1.29, 1.82) is 0 Å². The van der Waals surface area contributed by atoms with Crippen LogP contribution >= 0.6 is 0 Å². The van der Waals surface area contributed by atoms with Gasteiger partial charge in [0.15, 0.2) is 0 Å². The van der Waals surface area contributed by atoms with Gasteiger partial charge in [0.1, 0.15) is 5.82 Å². The van der Waals surface area contributed by atoms with E-state index in [1.165, 1.54) is 6.20 Å². The lowest BCUT2D eigenvalue weighted by molar-refractivity contribution is -0.129. The van der Waals surface area contributed by atoms with Gasteiger partial charge >= 0.3 is 0 Å². The van der Waals surface area contributed by atoms with Gasteiger partial charge in [0, 0.05) is 32.1 Å². The van der Waals surface area contributed by atoms with Crippen molar-refractivity contribution >= 4 is 11.8 Å². The average Bonchev–Trinajstić information content (AvgIpc) is 2.38. The lowest BCUT2D eigenvalue weighted by Crippen LogP contribution is -2.36. The highest BCUT2D eigenvalue weighted by Gasteiger charge is 2.24. The minimum atomic E-state index is -0.504. The van der Waals surface area contributed by atoms with Gasteiger partial charge in [-0.15, -0.1) is 0 Å². The summed E-state index contributed by atoms with van der Waals surface area (Å²) in [4.78, 5) is 32.8. The van der Waals surface area contributed by atoms with Gasteiger partial charge in [-0.3, -0.25) is 9.59 Å². The largest absolute Gasteiger partial charge is 0.365 e. The van der Waals surface area contributed by atoms with Gasteiger partial charge in [-0.2, -0.15) is 0 Å². The van der Waals surface area contributed by atoms with Gasteiger partial charge in [0.05, 0.1) is 11.3 Å². The summed E-state index contributed by atoms with van der Waals surface area (Å²) in [6, 6.07) is 0. The molecule has 1 aromatic heterocycles. The van der Waals surface area contributed by atoms with E-state index in [1.807, 2.05) is 4.90 Å². The van der Waals surface area contributed by atoms with Crippen molar-refractivity contribution in [3.05, 3.63) is 23.3 Å². The zero-order chi connectivity index (χ0) is 14.0. The lowest BCUT2D eigenvalue weighted by atomic mass is 9.95. The Bertz CT molecular complexity index is 507. The first-order valence-electron chi connectivity index (χ1n) is 6.38. The molecule has 2 heterocycles. The van der Waals surface area contributed by atoms with Gasteiger partial charge < -0.3 is 10.6 Å². The third kappa shape index (κ3) is 2.89. The average molecular weight is 262 g/mol. The number of amides is 2. The topological polar surface area (TPSA) is 89.2 Å². The highest BCUT2D eigenvalue weighted by molar-refractivity contribution is 5.93. The van der Waals surface area contributed by atoms with Gasteiger partial charge in [0.25, 0.3) is 5.91 Å². The summed E-state index contributed by atoms with van der Waals surface area (Å²) < 4.78 is 0. The Kier molecular flexibility index (Phi) is 3.78. The fraction of sp³-hybridized carbons (Fsp3) is 0.538. The highest BCUT2D eigenvalue weighted by atomic mass is 16.2. The van der Waals surface area contributed by atoms with E-state index in [0.717, 1.165) is 31.8 Å². The Morgan fingerprint density at radius 2 is 2.00 bits per heavy atom. The van der Waals surface area contributed by atoms with Crippen LogP contribution < -0.4 is 5.73 Å². The standard InChI is InChI=1S/C13H18N4O2/c1-8-11(12(14)19)7-15-13(16-8)10-3-5-17(6-4-10)9(2)18/h7,10H,3-6H2,1-2H3,(H2,14,19). The van der Waals surface area contributed by atoms with E-state index in [4.69, 9.17) is 5.73 Å². The monoisotopic (exact) mass is 262 g/mol. The molecule has 2 N–H and O–H groups in total. The molecule has 0 unspecified atom stereocenters. The number of rotatable bonds is 2. The first-order chi connectivity index (χ1) is 8.99. The Balaban J connectivity index is 2.10. The summed E-state index contributed by atoms with van der Waals surface area (Å²) in [5.74, 6) is 0.594. The van der Waals surface area contributed by atoms with Crippen LogP contribution in [0.25, 0.3) is 0 Å². The maximum Gasteiger partial charge on any atom is 0.252 e. The maximum absolute atomic E-state index is 11.3. The molecule has 6 nitrogen and oxygen atoms in total. The summed E-state index contributed by atoms with van der Waals surface area (Å²) in [6.07, 6.45) is 3.21. The smallest absolute Gasteiger partial charge is 0.252 e. The number of aryl methyl sites for hydroxylation is 1. The van der Waals surface area contributed by atoms with E-state index in [0.29, 0.717) is 11.3 Å². The van der Waals surface area contributed by atoms with E-state index in [2.05, 4.69) is 9.97 Å². The number of primary amides is 1. The molecule has 0 saturated carbocycles. The third-order valence-electron chi connectivity index (χ3n) is 3.57. The normalized spacial score (nSPS) is 16.4. The molecule has 0 spiro atoms. The molecule has 19 heavy (non-hydrogen) atoms. The quantitative estimate of drug-likeness (QED) is 0.845. The van der Waals surface area contributed by atoms with Crippen LogP contribution in [0.4, 0.5) is 0 Å². The molecule has 2 rings (SSSR count). The van der Waals surface area contributed by atoms with Crippen LogP contribution in [0.5, 0.6) is 0 Å². The predicted molar refractivity (Wildman–Crippen MR) is 69.5 cm³/mol. The van der Waals surface area contributed by atoms with Crippen molar-refractivity contribution in [3.8, 4) is 0 Å². The number of aromatic nitrogens is 2.